The Bertz CT molecular complexity index is 667. The molecule has 0 saturated carbocycles. The normalized spacial score (nSPS) is 14.4. The van der Waals surface area contributed by atoms with Crippen LogP contribution in [0.2, 0.25) is 0 Å². The first-order chi connectivity index (χ1) is 11.3. The highest BCUT2D eigenvalue weighted by atomic mass is 16.5. The summed E-state index contributed by atoms with van der Waals surface area (Å²) in [5.41, 5.74) is 1.30. The van der Waals surface area contributed by atoms with Crippen molar-refractivity contribution in [3.63, 3.8) is 0 Å². The van der Waals surface area contributed by atoms with E-state index in [0.717, 1.165) is 37.4 Å². The molecule has 23 heavy (non-hydrogen) atoms. The van der Waals surface area contributed by atoms with Crippen molar-refractivity contribution in [2.75, 3.05) is 25.5 Å². The number of likely N-dealkylation sites (tertiary alicyclic amines) is 1. The minimum Gasteiger partial charge on any atom is -0.497 e. The van der Waals surface area contributed by atoms with Crippen LogP contribution in [0, 0.1) is 0 Å². The third-order valence-electron chi connectivity index (χ3n) is 3.89. The van der Waals surface area contributed by atoms with E-state index in [1.54, 1.807) is 13.2 Å². The van der Waals surface area contributed by atoms with Crippen LogP contribution in [0.1, 0.15) is 29.8 Å². The Balaban J connectivity index is 1.72. The third kappa shape index (κ3) is 3.77. The van der Waals surface area contributed by atoms with Gasteiger partial charge in [-0.05, 0) is 43.5 Å². The van der Waals surface area contributed by atoms with Crippen molar-refractivity contribution in [2.45, 2.75) is 19.3 Å². The lowest BCUT2D eigenvalue weighted by molar-refractivity contribution is 0.0718. The molecule has 0 aliphatic carbocycles. The Hall–Kier alpha value is -2.63. The summed E-state index contributed by atoms with van der Waals surface area (Å²) in [7, 11) is 1.63. The number of aromatic nitrogens is 2. The zero-order valence-electron chi connectivity index (χ0n) is 13.2. The van der Waals surface area contributed by atoms with Gasteiger partial charge < -0.3 is 15.0 Å². The van der Waals surface area contributed by atoms with Crippen LogP contribution in [-0.4, -0.2) is 41.0 Å². The van der Waals surface area contributed by atoms with Gasteiger partial charge in [-0.1, -0.05) is 0 Å². The molecule has 2 aromatic rings. The predicted molar refractivity (Wildman–Crippen MR) is 88.1 cm³/mol. The molecule has 0 atom stereocenters. The average molecular weight is 312 g/mol. The molecule has 1 N–H and O–H groups in total. The van der Waals surface area contributed by atoms with E-state index in [4.69, 9.17) is 4.74 Å². The Morgan fingerprint density at radius 1 is 1.13 bits per heavy atom. The molecular formula is C17H20N4O2. The quantitative estimate of drug-likeness (QED) is 0.940. The zero-order chi connectivity index (χ0) is 16.1. The molecule has 120 valence electrons. The standard InChI is InChI=1S/C17H20N4O2/c1-23-14-7-5-13(6-8-14)20-16-11-15(18-12-19-16)17(22)21-9-3-2-4-10-21/h5-8,11-12H,2-4,9-10H2,1H3,(H,18,19,20). The maximum atomic E-state index is 12.5. The van der Waals surface area contributed by atoms with E-state index in [0.29, 0.717) is 11.5 Å². The molecule has 6 nitrogen and oxygen atoms in total. The number of hydrogen-bond donors (Lipinski definition) is 1. The van der Waals surface area contributed by atoms with Gasteiger partial charge in [-0.25, -0.2) is 9.97 Å². The van der Waals surface area contributed by atoms with Gasteiger partial charge in [-0.3, -0.25) is 4.79 Å². The van der Waals surface area contributed by atoms with Crippen LogP contribution in [0.5, 0.6) is 5.75 Å². The number of carbonyl (C=O) groups excluding carboxylic acids is 1. The molecule has 0 bridgehead atoms. The number of nitrogens with zero attached hydrogens (tertiary/aromatic N) is 3. The van der Waals surface area contributed by atoms with E-state index in [9.17, 15) is 4.79 Å². The molecule has 1 saturated heterocycles. The molecule has 1 fully saturated rings. The first-order valence-electron chi connectivity index (χ1n) is 7.78. The second kappa shape index (κ2) is 7.09. The topological polar surface area (TPSA) is 67.3 Å². The van der Waals surface area contributed by atoms with Crippen molar-refractivity contribution in [3.8, 4) is 5.75 Å². The van der Waals surface area contributed by atoms with Crippen LogP contribution in [0.3, 0.4) is 0 Å². The minimum atomic E-state index is -0.0233. The molecule has 1 amide bonds. The van der Waals surface area contributed by atoms with Gasteiger partial charge in [0.2, 0.25) is 0 Å². The number of carbonyl (C=O) groups is 1. The number of ether oxygens (including phenoxy) is 1. The molecule has 0 spiro atoms. The van der Waals surface area contributed by atoms with Gasteiger partial charge in [-0.15, -0.1) is 0 Å². The van der Waals surface area contributed by atoms with E-state index in [1.165, 1.54) is 12.7 Å². The Labute approximate surface area is 135 Å². The Morgan fingerprint density at radius 2 is 1.87 bits per heavy atom. The molecule has 3 rings (SSSR count). The highest BCUT2D eigenvalue weighted by Gasteiger charge is 2.19. The second-order valence-electron chi connectivity index (χ2n) is 5.49. The third-order valence-corrected chi connectivity index (χ3v) is 3.89. The van der Waals surface area contributed by atoms with Crippen LogP contribution >= 0.6 is 0 Å². The highest BCUT2D eigenvalue weighted by molar-refractivity contribution is 5.93. The number of amides is 1. The monoisotopic (exact) mass is 312 g/mol. The van der Waals surface area contributed by atoms with Crippen molar-refractivity contribution < 1.29 is 9.53 Å². The fraction of sp³-hybridized carbons (Fsp3) is 0.353. The Kier molecular flexibility index (Phi) is 4.71. The summed E-state index contributed by atoms with van der Waals surface area (Å²) in [5, 5.41) is 3.18. The summed E-state index contributed by atoms with van der Waals surface area (Å²) >= 11 is 0. The molecule has 1 aromatic heterocycles. The number of benzene rings is 1. The first-order valence-corrected chi connectivity index (χ1v) is 7.78. The molecule has 0 radical (unpaired) electrons. The largest absolute Gasteiger partial charge is 0.497 e. The van der Waals surface area contributed by atoms with Crippen molar-refractivity contribution in [3.05, 3.63) is 42.4 Å². The molecule has 1 aliphatic heterocycles. The summed E-state index contributed by atoms with van der Waals surface area (Å²) in [5.74, 6) is 1.37. The summed E-state index contributed by atoms with van der Waals surface area (Å²) < 4.78 is 5.13. The lowest BCUT2D eigenvalue weighted by atomic mass is 10.1. The average Bonchev–Trinajstić information content (AvgIpc) is 2.63. The molecule has 6 heteroatoms. The fourth-order valence-corrected chi connectivity index (χ4v) is 2.62. The van der Waals surface area contributed by atoms with Crippen LogP contribution in [0.25, 0.3) is 0 Å². The van der Waals surface area contributed by atoms with Gasteiger partial charge >= 0.3 is 0 Å². The van der Waals surface area contributed by atoms with Crippen LogP contribution in [-0.2, 0) is 0 Å². The van der Waals surface area contributed by atoms with Gasteiger partial charge in [-0.2, -0.15) is 0 Å². The molecule has 0 unspecified atom stereocenters. The van der Waals surface area contributed by atoms with Gasteiger partial charge in [0.1, 0.15) is 23.6 Å². The maximum Gasteiger partial charge on any atom is 0.272 e. The summed E-state index contributed by atoms with van der Waals surface area (Å²) in [4.78, 5) is 22.6. The number of methoxy groups -OCH3 is 1. The maximum absolute atomic E-state index is 12.5. The number of anilines is 2. The summed E-state index contributed by atoms with van der Waals surface area (Å²) in [6.07, 6.45) is 4.74. The van der Waals surface area contributed by atoms with Crippen molar-refractivity contribution in [2.24, 2.45) is 0 Å². The smallest absolute Gasteiger partial charge is 0.272 e. The summed E-state index contributed by atoms with van der Waals surface area (Å²) in [6.45, 7) is 1.62. The molecule has 2 heterocycles. The number of piperidine rings is 1. The van der Waals surface area contributed by atoms with Crippen molar-refractivity contribution in [1.29, 1.82) is 0 Å². The summed E-state index contributed by atoms with van der Waals surface area (Å²) in [6, 6.07) is 9.22. The van der Waals surface area contributed by atoms with E-state index in [1.807, 2.05) is 29.2 Å². The lowest BCUT2D eigenvalue weighted by Gasteiger charge is -2.26. The fourth-order valence-electron chi connectivity index (χ4n) is 2.62. The zero-order valence-corrected chi connectivity index (χ0v) is 13.2. The lowest BCUT2D eigenvalue weighted by Crippen LogP contribution is -2.36. The van der Waals surface area contributed by atoms with Gasteiger partial charge in [0.25, 0.3) is 5.91 Å². The van der Waals surface area contributed by atoms with Gasteiger partial charge in [0.15, 0.2) is 0 Å². The highest BCUT2D eigenvalue weighted by Crippen LogP contribution is 2.19. The van der Waals surface area contributed by atoms with Crippen molar-refractivity contribution in [1.82, 2.24) is 14.9 Å². The SMILES string of the molecule is COc1ccc(Nc2cc(C(=O)N3CCCCC3)ncn2)cc1. The van der Waals surface area contributed by atoms with Crippen molar-refractivity contribution >= 4 is 17.4 Å². The van der Waals surface area contributed by atoms with Crippen LogP contribution in [0.4, 0.5) is 11.5 Å². The number of rotatable bonds is 4. The molecule has 1 aromatic carbocycles. The van der Waals surface area contributed by atoms with E-state index < -0.39 is 0 Å². The molecule has 1 aliphatic rings. The first kappa shape index (κ1) is 15.3. The second-order valence-corrected chi connectivity index (χ2v) is 5.49. The van der Waals surface area contributed by atoms with Crippen LogP contribution in [0.15, 0.2) is 36.7 Å². The Morgan fingerprint density at radius 3 is 2.57 bits per heavy atom. The minimum absolute atomic E-state index is 0.0233. The molecular weight excluding hydrogens is 292 g/mol. The van der Waals surface area contributed by atoms with Gasteiger partial charge in [0.05, 0.1) is 7.11 Å². The van der Waals surface area contributed by atoms with E-state index in [2.05, 4.69) is 15.3 Å². The van der Waals surface area contributed by atoms with E-state index >= 15 is 0 Å². The number of nitrogens with one attached hydrogen (secondary N) is 1. The van der Waals surface area contributed by atoms with Gasteiger partial charge in [0, 0.05) is 24.8 Å². The predicted octanol–water partition coefficient (Wildman–Crippen LogP) is 2.85. The van der Waals surface area contributed by atoms with E-state index in [-0.39, 0.29) is 5.91 Å². The number of hydrogen-bond acceptors (Lipinski definition) is 5. The van der Waals surface area contributed by atoms with Crippen LogP contribution < -0.4 is 10.1 Å².